The van der Waals surface area contributed by atoms with Crippen molar-refractivity contribution < 1.29 is 4.42 Å². The zero-order valence-electron chi connectivity index (χ0n) is 25.4. The van der Waals surface area contributed by atoms with Crippen LogP contribution in [-0.4, -0.2) is 24.5 Å². The second kappa shape index (κ2) is 11.4. The number of fused-ring (bicyclic) bond motifs is 5. The lowest BCUT2D eigenvalue weighted by Gasteiger charge is -2.12. The predicted molar refractivity (Wildman–Crippen MR) is 187 cm³/mol. The maximum atomic E-state index is 6.30. The molecule has 0 aliphatic heterocycles. The average molecular weight is 596 g/mol. The molecule has 0 fully saturated rings. The van der Waals surface area contributed by atoms with E-state index in [2.05, 4.69) is 59.2 Å². The van der Waals surface area contributed by atoms with Gasteiger partial charge in [0.15, 0.2) is 23.1 Å². The van der Waals surface area contributed by atoms with Crippen LogP contribution < -0.4 is 0 Å². The molecule has 0 saturated heterocycles. The molecule has 0 spiro atoms. The summed E-state index contributed by atoms with van der Waals surface area (Å²) < 4.78 is 8.57. The minimum atomic E-state index is 0.598. The number of para-hydroxylation sites is 1. The van der Waals surface area contributed by atoms with E-state index in [9.17, 15) is 0 Å². The molecule has 0 aliphatic carbocycles. The molecule has 8 rings (SSSR count). The number of nitrogens with zero attached hydrogens (tertiary/aromatic N) is 5. The van der Waals surface area contributed by atoms with Crippen molar-refractivity contribution in [1.29, 1.82) is 0 Å². The lowest BCUT2D eigenvalue weighted by Crippen LogP contribution is -2.03. The lowest BCUT2D eigenvalue weighted by molar-refractivity contribution is 0.620. The average Bonchev–Trinajstić information content (AvgIpc) is 3.71. The van der Waals surface area contributed by atoms with Crippen molar-refractivity contribution in [3.05, 3.63) is 145 Å². The quantitative estimate of drug-likeness (QED) is 0.179. The fourth-order valence-electron chi connectivity index (χ4n) is 6.03. The molecule has 3 aromatic heterocycles. The Morgan fingerprint density at radius 1 is 0.630 bits per heavy atom. The molecule has 8 aromatic rings. The molecule has 6 nitrogen and oxygen atoms in total. The molecule has 3 heterocycles. The van der Waals surface area contributed by atoms with Gasteiger partial charge in [-0.05, 0) is 56.3 Å². The summed E-state index contributed by atoms with van der Waals surface area (Å²) in [4.78, 5) is 19.9. The third-order valence-electron chi connectivity index (χ3n) is 8.16. The highest BCUT2D eigenvalue weighted by molar-refractivity contribution is 6.17. The molecule has 0 aliphatic rings. The van der Waals surface area contributed by atoms with Crippen LogP contribution in [0.2, 0.25) is 0 Å². The maximum absolute atomic E-state index is 6.30. The zero-order chi connectivity index (χ0) is 31.0. The summed E-state index contributed by atoms with van der Waals surface area (Å²) in [6.07, 6.45) is 6.04. The number of allylic oxidation sites excluding steroid dienone is 4. The summed E-state index contributed by atoms with van der Waals surface area (Å²) in [5.41, 5.74) is 8.30. The highest BCUT2D eigenvalue weighted by Crippen LogP contribution is 2.38. The van der Waals surface area contributed by atoms with Crippen LogP contribution in [0.25, 0.3) is 78.4 Å². The van der Waals surface area contributed by atoms with Gasteiger partial charge >= 0.3 is 0 Å². The van der Waals surface area contributed by atoms with Crippen LogP contribution in [0.4, 0.5) is 0 Å². The summed E-state index contributed by atoms with van der Waals surface area (Å²) in [6.45, 7) is 3.99. The maximum Gasteiger partial charge on any atom is 0.227 e. The monoisotopic (exact) mass is 595 g/mol. The number of oxazole rings is 1. The Kier molecular flexibility index (Phi) is 6.80. The van der Waals surface area contributed by atoms with Crippen LogP contribution in [0.3, 0.4) is 0 Å². The molecular weight excluding hydrogens is 566 g/mol. The van der Waals surface area contributed by atoms with E-state index < -0.39 is 0 Å². The minimum absolute atomic E-state index is 0.598. The van der Waals surface area contributed by atoms with Crippen molar-refractivity contribution in [2.24, 2.45) is 0 Å². The van der Waals surface area contributed by atoms with E-state index in [0.29, 0.717) is 23.4 Å². The van der Waals surface area contributed by atoms with Gasteiger partial charge < -0.3 is 8.98 Å². The molecule has 0 atom stereocenters. The molecule has 0 unspecified atom stereocenters. The number of hydrogen-bond acceptors (Lipinski definition) is 5. The first-order chi connectivity index (χ1) is 22.7. The molecular formula is C40H29N5O. The summed E-state index contributed by atoms with van der Waals surface area (Å²) in [5.74, 6) is 2.46. The van der Waals surface area contributed by atoms with Gasteiger partial charge in [0.05, 0.1) is 11.0 Å². The smallest absolute Gasteiger partial charge is 0.227 e. The van der Waals surface area contributed by atoms with Crippen molar-refractivity contribution in [2.75, 3.05) is 0 Å². The van der Waals surface area contributed by atoms with E-state index in [4.69, 9.17) is 24.4 Å². The topological polar surface area (TPSA) is 69.6 Å². The molecule has 0 bridgehead atoms. The van der Waals surface area contributed by atoms with Gasteiger partial charge in [-0.1, -0.05) is 97.1 Å². The number of rotatable bonds is 6. The van der Waals surface area contributed by atoms with E-state index in [0.717, 1.165) is 60.9 Å². The highest BCUT2D eigenvalue weighted by atomic mass is 16.3. The van der Waals surface area contributed by atoms with E-state index in [1.54, 1.807) is 0 Å². The summed E-state index contributed by atoms with van der Waals surface area (Å²) >= 11 is 0. The Bertz CT molecular complexity index is 2440. The Hall–Kier alpha value is -6.14. The van der Waals surface area contributed by atoms with Crippen LogP contribution in [0, 0.1) is 0 Å². The molecule has 0 radical (unpaired) electrons. The molecule has 220 valence electrons. The van der Waals surface area contributed by atoms with Gasteiger partial charge in [0.2, 0.25) is 5.89 Å². The molecule has 0 N–H and O–H groups in total. The number of benzene rings is 5. The zero-order valence-corrected chi connectivity index (χ0v) is 25.4. The fourth-order valence-corrected chi connectivity index (χ4v) is 6.03. The van der Waals surface area contributed by atoms with Gasteiger partial charge in [-0.15, -0.1) is 0 Å². The van der Waals surface area contributed by atoms with Crippen molar-refractivity contribution in [3.8, 4) is 39.9 Å². The second-order valence-electron chi connectivity index (χ2n) is 11.0. The lowest BCUT2D eigenvalue weighted by atomic mass is 10.1. The standard InChI is InChI=1S/C40H29N5O/c1-3-14-26(4-2)37-42-38(27-15-7-5-8-16-27)44-39(43-37)29-19-13-20-30(25-29)45-33-22-12-11-21-31(33)32-23-24-34-35(36(32)45)41-40(46-34)28-17-9-6-10-18-28/h3-25H,1-2H3/b14-3-,26-4+. The SMILES string of the molecule is C/C=C\C(=C/C)c1nc(-c2ccccc2)nc(-c2cccc(-n3c4ccccc4c4ccc5oc(-c6ccccc6)nc5c43)c2)n1. The summed E-state index contributed by atoms with van der Waals surface area (Å²) in [6, 6.07) is 41.0. The normalized spacial score (nSPS) is 12.2. The van der Waals surface area contributed by atoms with Crippen molar-refractivity contribution in [1.82, 2.24) is 24.5 Å². The van der Waals surface area contributed by atoms with Crippen molar-refractivity contribution >= 4 is 38.5 Å². The van der Waals surface area contributed by atoms with Crippen LogP contribution >= 0.6 is 0 Å². The van der Waals surface area contributed by atoms with Gasteiger partial charge in [-0.25, -0.2) is 19.9 Å². The Labute approximate surface area is 266 Å². The largest absolute Gasteiger partial charge is 0.436 e. The van der Waals surface area contributed by atoms with E-state index >= 15 is 0 Å². The summed E-state index contributed by atoms with van der Waals surface area (Å²) in [7, 11) is 0. The Morgan fingerprint density at radius 3 is 2.09 bits per heavy atom. The second-order valence-corrected chi connectivity index (χ2v) is 11.0. The van der Waals surface area contributed by atoms with E-state index in [1.165, 1.54) is 0 Å². The van der Waals surface area contributed by atoms with Gasteiger partial charge in [0, 0.05) is 38.7 Å². The third-order valence-corrected chi connectivity index (χ3v) is 8.16. The Morgan fingerprint density at radius 2 is 1.33 bits per heavy atom. The molecule has 6 heteroatoms. The van der Waals surface area contributed by atoms with Gasteiger partial charge in [0.25, 0.3) is 0 Å². The number of aromatic nitrogens is 5. The predicted octanol–water partition coefficient (Wildman–Crippen LogP) is 10.1. The molecule has 5 aromatic carbocycles. The first-order valence-corrected chi connectivity index (χ1v) is 15.3. The molecule has 46 heavy (non-hydrogen) atoms. The van der Waals surface area contributed by atoms with Crippen LogP contribution in [0.15, 0.2) is 144 Å². The minimum Gasteiger partial charge on any atom is -0.436 e. The first-order valence-electron chi connectivity index (χ1n) is 15.3. The van der Waals surface area contributed by atoms with Crippen LogP contribution in [0.5, 0.6) is 0 Å². The van der Waals surface area contributed by atoms with E-state index in [-0.39, 0.29) is 0 Å². The van der Waals surface area contributed by atoms with Crippen molar-refractivity contribution in [3.63, 3.8) is 0 Å². The van der Waals surface area contributed by atoms with E-state index in [1.807, 2.05) is 98.8 Å². The third kappa shape index (κ3) is 4.68. The molecule has 0 saturated carbocycles. The van der Waals surface area contributed by atoms with Gasteiger partial charge in [0.1, 0.15) is 5.52 Å². The first kappa shape index (κ1) is 27.4. The fraction of sp³-hybridized carbons (Fsp3) is 0.0500. The van der Waals surface area contributed by atoms with Gasteiger partial charge in [-0.2, -0.15) is 0 Å². The number of hydrogen-bond donors (Lipinski definition) is 0. The summed E-state index contributed by atoms with van der Waals surface area (Å²) in [5, 5.41) is 2.26. The van der Waals surface area contributed by atoms with Gasteiger partial charge in [-0.3, -0.25) is 0 Å². The van der Waals surface area contributed by atoms with Crippen molar-refractivity contribution in [2.45, 2.75) is 13.8 Å². The highest BCUT2D eigenvalue weighted by Gasteiger charge is 2.20. The van der Waals surface area contributed by atoms with Crippen LogP contribution in [-0.2, 0) is 0 Å². The Balaban J connectivity index is 1.36. The van der Waals surface area contributed by atoms with Crippen LogP contribution in [0.1, 0.15) is 19.7 Å². The molecule has 0 amide bonds.